The van der Waals surface area contributed by atoms with E-state index in [0.717, 1.165) is 12.8 Å². The number of rotatable bonds is 5. The average molecular weight is 268 g/mol. The van der Waals surface area contributed by atoms with Gasteiger partial charge in [0.25, 0.3) is 0 Å². The molecule has 0 aromatic rings. The first kappa shape index (κ1) is 16.5. The first-order valence-corrected chi connectivity index (χ1v) is 7.87. The van der Waals surface area contributed by atoms with Crippen LogP contribution < -0.4 is 11.1 Å². The van der Waals surface area contributed by atoms with Gasteiger partial charge in [0, 0.05) is 12.5 Å². The monoisotopic (exact) mass is 268 g/mol. The second-order valence-corrected chi connectivity index (χ2v) is 7.15. The zero-order valence-corrected chi connectivity index (χ0v) is 13.2. The van der Waals surface area contributed by atoms with Gasteiger partial charge < -0.3 is 11.1 Å². The van der Waals surface area contributed by atoms with E-state index in [-0.39, 0.29) is 11.3 Å². The predicted octanol–water partition coefficient (Wildman–Crippen LogP) is 3.08. The van der Waals surface area contributed by atoms with E-state index >= 15 is 0 Å². The standard InChI is InChI=1S/C16H32N2O/c1-5-12(11-17)10-15(19)18-14-9-7-6-8-13(14)16(2,3)4/h12-14H,5-11,17H2,1-4H3,(H,18,19). The van der Waals surface area contributed by atoms with Crippen LogP contribution in [-0.2, 0) is 4.79 Å². The number of carbonyl (C=O) groups is 1. The summed E-state index contributed by atoms with van der Waals surface area (Å²) in [4.78, 5) is 12.1. The average Bonchev–Trinajstić information content (AvgIpc) is 2.35. The molecule has 1 amide bonds. The number of hydrogen-bond acceptors (Lipinski definition) is 2. The molecule has 0 radical (unpaired) electrons. The lowest BCUT2D eigenvalue weighted by Gasteiger charge is -2.41. The highest BCUT2D eigenvalue weighted by molar-refractivity contribution is 5.76. The van der Waals surface area contributed by atoms with Gasteiger partial charge in [0.2, 0.25) is 5.91 Å². The molecule has 1 saturated carbocycles. The minimum absolute atomic E-state index is 0.193. The fourth-order valence-corrected chi connectivity index (χ4v) is 3.26. The van der Waals surface area contributed by atoms with Crippen LogP contribution in [0.15, 0.2) is 0 Å². The summed E-state index contributed by atoms with van der Waals surface area (Å²) >= 11 is 0. The molecule has 19 heavy (non-hydrogen) atoms. The second-order valence-electron chi connectivity index (χ2n) is 7.15. The van der Waals surface area contributed by atoms with Crippen molar-refractivity contribution in [2.45, 2.75) is 72.3 Å². The summed E-state index contributed by atoms with van der Waals surface area (Å²) in [6.45, 7) is 9.57. The zero-order chi connectivity index (χ0) is 14.5. The highest BCUT2D eigenvalue weighted by Gasteiger charge is 2.34. The maximum Gasteiger partial charge on any atom is 0.220 e. The summed E-state index contributed by atoms with van der Waals surface area (Å²) in [5.41, 5.74) is 5.96. The SMILES string of the molecule is CCC(CN)CC(=O)NC1CCCCC1C(C)(C)C. The van der Waals surface area contributed by atoms with Crippen LogP contribution in [0.5, 0.6) is 0 Å². The van der Waals surface area contributed by atoms with Crippen molar-refractivity contribution in [2.75, 3.05) is 6.54 Å². The van der Waals surface area contributed by atoms with Crippen molar-refractivity contribution in [1.82, 2.24) is 5.32 Å². The van der Waals surface area contributed by atoms with Gasteiger partial charge in [-0.2, -0.15) is 0 Å². The van der Waals surface area contributed by atoms with Crippen LogP contribution in [0.2, 0.25) is 0 Å². The van der Waals surface area contributed by atoms with Crippen molar-refractivity contribution in [1.29, 1.82) is 0 Å². The number of hydrogen-bond donors (Lipinski definition) is 2. The topological polar surface area (TPSA) is 55.1 Å². The first-order valence-electron chi connectivity index (χ1n) is 7.87. The Morgan fingerprint density at radius 2 is 1.95 bits per heavy atom. The Morgan fingerprint density at radius 3 is 2.47 bits per heavy atom. The van der Waals surface area contributed by atoms with Gasteiger partial charge in [0.15, 0.2) is 0 Å². The van der Waals surface area contributed by atoms with Crippen molar-refractivity contribution >= 4 is 5.91 Å². The van der Waals surface area contributed by atoms with E-state index in [2.05, 4.69) is 33.0 Å². The number of nitrogens with two attached hydrogens (primary N) is 1. The normalized spacial score (nSPS) is 25.9. The third-order valence-electron chi connectivity index (χ3n) is 4.61. The van der Waals surface area contributed by atoms with Gasteiger partial charge in [-0.05, 0) is 36.6 Å². The summed E-state index contributed by atoms with van der Waals surface area (Å²) in [6.07, 6.45) is 6.48. The summed E-state index contributed by atoms with van der Waals surface area (Å²) in [5, 5.41) is 3.28. The van der Waals surface area contributed by atoms with Gasteiger partial charge in [-0.1, -0.05) is 47.0 Å². The quantitative estimate of drug-likeness (QED) is 0.805. The second kappa shape index (κ2) is 7.28. The Morgan fingerprint density at radius 1 is 1.32 bits per heavy atom. The molecule has 3 heteroatoms. The minimum Gasteiger partial charge on any atom is -0.353 e. The fraction of sp³-hybridized carbons (Fsp3) is 0.938. The Bertz CT molecular complexity index is 279. The molecular formula is C16H32N2O. The van der Waals surface area contributed by atoms with E-state index in [9.17, 15) is 4.79 Å². The molecule has 0 heterocycles. The molecule has 0 aliphatic heterocycles. The van der Waals surface area contributed by atoms with Crippen molar-refractivity contribution < 1.29 is 4.79 Å². The lowest BCUT2D eigenvalue weighted by molar-refractivity contribution is -0.123. The van der Waals surface area contributed by atoms with Gasteiger partial charge in [-0.3, -0.25) is 4.79 Å². The molecular weight excluding hydrogens is 236 g/mol. The molecule has 1 aliphatic rings. The van der Waals surface area contributed by atoms with E-state index in [1.807, 2.05) is 0 Å². The number of nitrogens with one attached hydrogen (secondary N) is 1. The van der Waals surface area contributed by atoms with E-state index in [4.69, 9.17) is 5.73 Å². The van der Waals surface area contributed by atoms with Crippen molar-refractivity contribution in [3.63, 3.8) is 0 Å². The third kappa shape index (κ3) is 5.13. The van der Waals surface area contributed by atoms with Crippen molar-refractivity contribution in [2.24, 2.45) is 23.0 Å². The lowest BCUT2D eigenvalue weighted by Crippen LogP contribution is -2.47. The van der Waals surface area contributed by atoms with E-state index in [0.29, 0.717) is 30.8 Å². The summed E-state index contributed by atoms with van der Waals surface area (Å²) < 4.78 is 0. The van der Waals surface area contributed by atoms with Crippen molar-refractivity contribution in [3.8, 4) is 0 Å². The van der Waals surface area contributed by atoms with E-state index in [1.165, 1.54) is 19.3 Å². The molecule has 3 N–H and O–H groups in total. The van der Waals surface area contributed by atoms with Crippen LogP contribution in [0.1, 0.15) is 66.2 Å². The summed E-state index contributed by atoms with van der Waals surface area (Å²) in [5.74, 6) is 1.12. The van der Waals surface area contributed by atoms with Crippen molar-refractivity contribution in [3.05, 3.63) is 0 Å². The molecule has 0 bridgehead atoms. The third-order valence-corrected chi connectivity index (χ3v) is 4.61. The molecule has 1 rings (SSSR count). The van der Waals surface area contributed by atoms with Crippen LogP contribution in [0, 0.1) is 17.3 Å². The van der Waals surface area contributed by atoms with Gasteiger partial charge >= 0.3 is 0 Å². The molecule has 0 aromatic heterocycles. The van der Waals surface area contributed by atoms with Gasteiger partial charge in [0.1, 0.15) is 0 Å². The largest absolute Gasteiger partial charge is 0.353 e. The highest BCUT2D eigenvalue weighted by atomic mass is 16.1. The number of carbonyl (C=O) groups excluding carboxylic acids is 1. The Kier molecular flexibility index (Phi) is 6.31. The highest BCUT2D eigenvalue weighted by Crippen LogP contribution is 2.38. The Hall–Kier alpha value is -0.570. The van der Waals surface area contributed by atoms with E-state index < -0.39 is 0 Å². The molecule has 3 atom stereocenters. The van der Waals surface area contributed by atoms with Crippen LogP contribution >= 0.6 is 0 Å². The molecule has 112 valence electrons. The minimum atomic E-state index is 0.193. The molecule has 3 nitrogen and oxygen atoms in total. The molecule has 1 fully saturated rings. The smallest absolute Gasteiger partial charge is 0.220 e. The van der Waals surface area contributed by atoms with Crippen LogP contribution in [0.25, 0.3) is 0 Å². The molecule has 1 aliphatic carbocycles. The van der Waals surface area contributed by atoms with Crippen LogP contribution in [0.3, 0.4) is 0 Å². The molecule has 0 spiro atoms. The Balaban J connectivity index is 2.55. The van der Waals surface area contributed by atoms with Crippen LogP contribution in [-0.4, -0.2) is 18.5 Å². The molecule has 3 unspecified atom stereocenters. The first-order chi connectivity index (χ1) is 8.88. The predicted molar refractivity (Wildman–Crippen MR) is 80.8 cm³/mol. The van der Waals surface area contributed by atoms with Gasteiger partial charge in [-0.15, -0.1) is 0 Å². The summed E-state index contributed by atoms with van der Waals surface area (Å²) in [6, 6.07) is 0.358. The van der Waals surface area contributed by atoms with Gasteiger partial charge in [0.05, 0.1) is 0 Å². The van der Waals surface area contributed by atoms with Crippen LogP contribution in [0.4, 0.5) is 0 Å². The maximum atomic E-state index is 12.1. The lowest BCUT2D eigenvalue weighted by atomic mass is 9.69. The maximum absolute atomic E-state index is 12.1. The zero-order valence-electron chi connectivity index (χ0n) is 13.2. The fourth-order valence-electron chi connectivity index (χ4n) is 3.26. The number of amides is 1. The molecule has 0 saturated heterocycles. The Labute approximate surface area is 118 Å². The molecule has 0 aromatic carbocycles. The summed E-state index contributed by atoms with van der Waals surface area (Å²) in [7, 11) is 0. The van der Waals surface area contributed by atoms with E-state index in [1.54, 1.807) is 0 Å². The van der Waals surface area contributed by atoms with Gasteiger partial charge in [-0.25, -0.2) is 0 Å².